The van der Waals surface area contributed by atoms with Gasteiger partial charge in [-0.05, 0) is 32.4 Å². The minimum absolute atomic E-state index is 0.216. The Hall–Kier alpha value is -3.07. The molecule has 0 aliphatic carbocycles. The fraction of sp³-hybridized carbons (Fsp3) is 0.480. The Morgan fingerprint density at radius 1 is 1.21 bits per heavy atom. The fourth-order valence-corrected chi connectivity index (χ4v) is 4.68. The van der Waals surface area contributed by atoms with Crippen LogP contribution in [0, 0.1) is 12.3 Å². The number of rotatable bonds is 8. The number of aromatic nitrogens is 4. The standard InChI is InChI=1S/C25H33N7OS/c1-8-10-13-31(9-2)24-26-15-19(34-24)27-20-21(25(4,5)6)29-32-23(20)28-22(30-32)17-14-16(3)11-12-18(17)33-7/h11-12,14-15H,8-10,13H2,1-7H3/b27-20-. The Kier molecular flexibility index (Phi) is 6.84. The van der Waals surface area contributed by atoms with Crippen LogP contribution in [0.15, 0.2) is 34.5 Å². The van der Waals surface area contributed by atoms with E-state index < -0.39 is 0 Å². The van der Waals surface area contributed by atoms with Gasteiger partial charge in [-0.25, -0.2) is 15.0 Å². The van der Waals surface area contributed by atoms with E-state index in [1.807, 2.05) is 31.3 Å². The molecule has 4 rings (SSSR count). The third-order valence-electron chi connectivity index (χ3n) is 5.66. The van der Waals surface area contributed by atoms with Crippen molar-refractivity contribution in [1.29, 1.82) is 0 Å². The second kappa shape index (κ2) is 9.66. The number of fused-ring (bicyclic) bond motifs is 1. The van der Waals surface area contributed by atoms with Gasteiger partial charge in [0.25, 0.3) is 0 Å². The van der Waals surface area contributed by atoms with Crippen molar-refractivity contribution in [3.05, 3.63) is 35.8 Å². The summed E-state index contributed by atoms with van der Waals surface area (Å²) < 4.78 is 5.55. The van der Waals surface area contributed by atoms with Crippen LogP contribution in [0.25, 0.3) is 11.4 Å². The lowest BCUT2D eigenvalue weighted by Crippen LogP contribution is -2.27. The third-order valence-corrected chi connectivity index (χ3v) is 6.62. The number of methoxy groups -OCH3 is 1. The zero-order valence-corrected chi connectivity index (χ0v) is 21.9. The van der Waals surface area contributed by atoms with Gasteiger partial charge >= 0.3 is 0 Å². The number of aliphatic imine (C=N–C) groups is 1. The van der Waals surface area contributed by atoms with Gasteiger partial charge < -0.3 is 9.64 Å². The highest BCUT2D eigenvalue weighted by molar-refractivity contribution is 7.19. The molecular weight excluding hydrogens is 446 g/mol. The minimum atomic E-state index is -0.216. The van der Waals surface area contributed by atoms with Gasteiger partial charge in [0.2, 0.25) is 5.82 Å². The second-order valence-corrected chi connectivity index (χ2v) is 10.4. The molecule has 0 atom stereocenters. The summed E-state index contributed by atoms with van der Waals surface area (Å²) in [4.78, 5) is 18.4. The van der Waals surface area contributed by atoms with Crippen LogP contribution in [0.5, 0.6) is 5.75 Å². The summed E-state index contributed by atoms with van der Waals surface area (Å²) in [5.74, 6) is 1.94. The van der Waals surface area contributed by atoms with Crippen LogP contribution in [0.3, 0.4) is 0 Å². The molecule has 0 saturated heterocycles. The molecule has 1 aromatic carbocycles. The molecule has 0 spiro atoms. The van der Waals surface area contributed by atoms with Gasteiger partial charge in [-0.3, -0.25) is 0 Å². The summed E-state index contributed by atoms with van der Waals surface area (Å²) >= 11 is 1.60. The Morgan fingerprint density at radius 3 is 2.68 bits per heavy atom. The molecule has 0 N–H and O–H groups in total. The molecule has 0 bridgehead atoms. The summed E-state index contributed by atoms with van der Waals surface area (Å²) in [6.45, 7) is 14.7. The molecule has 8 nitrogen and oxygen atoms in total. The molecular formula is C25H33N7OS. The van der Waals surface area contributed by atoms with Crippen LogP contribution in [0.1, 0.15) is 58.8 Å². The van der Waals surface area contributed by atoms with Crippen molar-refractivity contribution in [3.8, 4) is 17.1 Å². The monoisotopic (exact) mass is 479 g/mol. The first kappa shape index (κ1) is 24.1. The summed E-state index contributed by atoms with van der Waals surface area (Å²) in [6.07, 6.45) is 4.14. The van der Waals surface area contributed by atoms with Gasteiger partial charge in [0.05, 0.1) is 24.6 Å². The molecule has 2 aromatic heterocycles. The SMILES string of the molecule is CCCCN(CC)c1ncc(/N=C2/C(C(C)(C)C)=Nn3nc(-c4cc(C)ccc4OC)nc32)s1. The highest BCUT2D eigenvalue weighted by Crippen LogP contribution is 2.34. The molecule has 0 unspecified atom stereocenters. The van der Waals surface area contributed by atoms with Crippen molar-refractivity contribution in [2.45, 2.75) is 54.4 Å². The van der Waals surface area contributed by atoms with Gasteiger partial charge in [-0.1, -0.05) is 57.1 Å². The van der Waals surface area contributed by atoms with E-state index in [4.69, 9.17) is 19.8 Å². The molecule has 3 heterocycles. The number of ether oxygens (including phenoxy) is 1. The normalized spacial score (nSPS) is 14.4. The van der Waals surface area contributed by atoms with Crippen LogP contribution in [-0.2, 0) is 0 Å². The Balaban J connectivity index is 1.75. The largest absolute Gasteiger partial charge is 0.496 e. The number of hydrogen-bond donors (Lipinski definition) is 0. The Morgan fingerprint density at radius 2 is 2.00 bits per heavy atom. The highest BCUT2D eigenvalue weighted by Gasteiger charge is 2.35. The van der Waals surface area contributed by atoms with E-state index in [1.54, 1.807) is 23.2 Å². The quantitative estimate of drug-likeness (QED) is 0.412. The van der Waals surface area contributed by atoms with Crippen LogP contribution < -0.4 is 9.64 Å². The average Bonchev–Trinajstić information content (AvgIpc) is 3.50. The fourth-order valence-electron chi connectivity index (χ4n) is 3.79. The predicted octanol–water partition coefficient (Wildman–Crippen LogP) is 5.73. The predicted molar refractivity (Wildman–Crippen MR) is 140 cm³/mol. The van der Waals surface area contributed by atoms with Crippen molar-refractivity contribution >= 4 is 32.9 Å². The maximum absolute atomic E-state index is 5.55. The lowest BCUT2D eigenvalue weighted by Gasteiger charge is -2.19. The van der Waals surface area contributed by atoms with Crippen molar-refractivity contribution < 1.29 is 4.74 Å². The molecule has 0 amide bonds. The zero-order chi connectivity index (χ0) is 24.5. The van der Waals surface area contributed by atoms with Crippen LogP contribution >= 0.6 is 11.3 Å². The molecule has 34 heavy (non-hydrogen) atoms. The Labute approximate surface area is 205 Å². The second-order valence-electron chi connectivity index (χ2n) is 9.43. The first-order valence-corrected chi connectivity index (χ1v) is 12.6. The molecule has 3 aromatic rings. The topological polar surface area (TPSA) is 80.8 Å². The van der Waals surface area contributed by atoms with Gasteiger partial charge in [0.1, 0.15) is 16.5 Å². The summed E-state index contributed by atoms with van der Waals surface area (Å²) in [6, 6.07) is 5.98. The van der Waals surface area contributed by atoms with E-state index in [1.165, 1.54) is 0 Å². The number of unbranched alkanes of at least 4 members (excludes halogenated alkanes) is 1. The molecule has 0 saturated carbocycles. The summed E-state index contributed by atoms with van der Waals surface area (Å²) in [5.41, 5.74) is 3.33. The number of aryl methyl sites for hydroxylation is 1. The molecule has 1 aliphatic rings. The molecule has 180 valence electrons. The van der Waals surface area contributed by atoms with E-state index in [0.29, 0.717) is 11.6 Å². The smallest absolute Gasteiger partial charge is 0.204 e. The zero-order valence-electron chi connectivity index (χ0n) is 21.1. The Bertz CT molecular complexity index is 1230. The summed E-state index contributed by atoms with van der Waals surface area (Å²) in [7, 11) is 1.65. The lowest BCUT2D eigenvalue weighted by molar-refractivity contribution is 0.416. The number of hydrogen-bond acceptors (Lipinski definition) is 8. The van der Waals surface area contributed by atoms with E-state index >= 15 is 0 Å². The molecule has 0 radical (unpaired) electrons. The van der Waals surface area contributed by atoms with Crippen molar-refractivity contribution in [1.82, 2.24) is 19.9 Å². The lowest BCUT2D eigenvalue weighted by atomic mass is 9.87. The first-order valence-electron chi connectivity index (χ1n) is 11.8. The minimum Gasteiger partial charge on any atom is -0.496 e. The number of anilines is 1. The van der Waals surface area contributed by atoms with Gasteiger partial charge in [-0.15, -0.1) is 9.89 Å². The van der Waals surface area contributed by atoms with Crippen molar-refractivity contribution in [3.63, 3.8) is 0 Å². The highest BCUT2D eigenvalue weighted by atomic mass is 32.1. The van der Waals surface area contributed by atoms with E-state index in [2.05, 4.69) is 49.6 Å². The van der Waals surface area contributed by atoms with Crippen LogP contribution in [0.4, 0.5) is 10.1 Å². The number of thiazole rings is 1. The van der Waals surface area contributed by atoms with Crippen LogP contribution in [-0.4, -0.2) is 51.5 Å². The van der Waals surface area contributed by atoms with Crippen LogP contribution in [0.2, 0.25) is 0 Å². The maximum Gasteiger partial charge on any atom is 0.204 e. The van der Waals surface area contributed by atoms with Gasteiger partial charge in [0.15, 0.2) is 11.0 Å². The van der Waals surface area contributed by atoms with E-state index in [-0.39, 0.29) is 5.41 Å². The van der Waals surface area contributed by atoms with Crippen molar-refractivity contribution in [2.24, 2.45) is 15.5 Å². The first-order chi connectivity index (χ1) is 16.2. The molecule has 1 aliphatic heterocycles. The molecule has 9 heteroatoms. The number of benzene rings is 1. The van der Waals surface area contributed by atoms with Crippen molar-refractivity contribution in [2.75, 3.05) is 25.1 Å². The van der Waals surface area contributed by atoms with Gasteiger partial charge in [0, 0.05) is 18.5 Å². The van der Waals surface area contributed by atoms with Gasteiger partial charge in [-0.2, -0.15) is 5.10 Å². The van der Waals surface area contributed by atoms with E-state index in [9.17, 15) is 0 Å². The average molecular weight is 480 g/mol. The number of nitrogens with zero attached hydrogens (tertiary/aromatic N) is 7. The molecule has 0 fully saturated rings. The van der Waals surface area contributed by atoms with E-state index in [0.717, 1.165) is 64.4 Å². The maximum atomic E-state index is 5.55. The summed E-state index contributed by atoms with van der Waals surface area (Å²) in [5, 5.41) is 11.3. The third kappa shape index (κ3) is 4.75.